The maximum absolute atomic E-state index is 13.1. The molecule has 0 radical (unpaired) electrons. The summed E-state index contributed by atoms with van der Waals surface area (Å²) >= 11 is 1.29. The lowest BCUT2D eigenvalue weighted by atomic mass is 10.1. The van der Waals surface area contributed by atoms with Crippen molar-refractivity contribution in [3.05, 3.63) is 90.3 Å². The molecule has 0 saturated heterocycles. The molecular formula is C23H23N7O2S. The number of amides is 2. The Morgan fingerprint density at radius 2 is 1.88 bits per heavy atom. The third-order valence-electron chi connectivity index (χ3n) is 4.94. The Morgan fingerprint density at radius 1 is 1.06 bits per heavy atom. The predicted molar refractivity (Wildman–Crippen MR) is 126 cm³/mol. The van der Waals surface area contributed by atoms with E-state index in [1.807, 2.05) is 55.2 Å². The van der Waals surface area contributed by atoms with Gasteiger partial charge in [-0.3, -0.25) is 9.59 Å². The number of nitrogens with zero attached hydrogens (tertiary/aromatic N) is 5. The van der Waals surface area contributed by atoms with E-state index in [-0.39, 0.29) is 17.6 Å². The van der Waals surface area contributed by atoms with E-state index >= 15 is 0 Å². The summed E-state index contributed by atoms with van der Waals surface area (Å²) in [4.78, 5) is 29.9. The maximum atomic E-state index is 13.1. The third-order valence-corrected chi connectivity index (χ3v) is 5.97. The number of rotatable bonds is 8. The normalized spacial score (nSPS) is 11.7. The topological polar surface area (TPSA) is 107 Å². The fourth-order valence-electron chi connectivity index (χ4n) is 3.28. The van der Waals surface area contributed by atoms with Crippen LogP contribution in [0.3, 0.4) is 0 Å². The Labute approximate surface area is 195 Å². The van der Waals surface area contributed by atoms with E-state index in [1.54, 1.807) is 41.4 Å². The first-order chi connectivity index (χ1) is 16.0. The van der Waals surface area contributed by atoms with Gasteiger partial charge in [0.05, 0.1) is 5.75 Å². The van der Waals surface area contributed by atoms with E-state index in [9.17, 15) is 9.59 Å². The fraction of sp³-hybridized carbons (Fsp3) is 0.174. The fourth-order valence-corrected chi connectivity index (χ4v) is 3.97. The van der Waals surface area contributed by atoms with Gasteiger partial charge in [0.25, 0.3) is 5.91 Å². The molecule has 0 fully saturated rings. The second-order valence-electron chi connectivity index (χ2n) is 7.36. The van der Waals surface area contributed by atoms with Crippen molar-refractivity contribution in [1.82, 2.24) is 29.6 Å². The summed E-state index contributed by atoms with van der Waals surface area (Å²) in [6.45, 7) is 0. The van der Waals surface area contributed by atoms with Crippen LogP contribution in [-0.2, 0) is 18.9 Å². The Morgan fingerprint density at radius 3 is 2.58 bits per heavy atom. The molecule has 0 unspecified atom stereocenters. The predicted octanol–water partition coefficient (Wildman–Crippen LogP) is 2.80. The van der Waals surface area contributed by atoms with Crippen molar-refractivity contribution in [3.63, 3.8) is 0 Å². The van der Waals surface area contributed by atoms with E-state index in [0.717, 1.165) is 11.4 Å². The van der Waals surface area contributed by atoms with E-state index in [0.29, 0.717) is 16.4 Å². The molecule has 0 aliphatic rings. The molecule has 0 aliphatic carbocycles. The highest BCUT2D eigenvalue weighted by atomic mass is 32.2. The monoisotopic (exact) mass is 461 g/mol. The van der Waals surface area contributed by atoms with Gasteiger partial charge in [-0.15, -0.1) is 10.2 Å². The van der Waals surface area contributed by atoms with Crippen molar-refractivity contribution in [2.45, 2.75) is 11.2 Å². The highest BCUT2D eigenvalue weighted by molar-refractivity contribution is 7.99. The minimum Gasteiger partial charge on any atom is -0.338 e. The maximum Gasteiger partial charge on any atom is 0.252 e. The van der Waals surface area contributed by atoms with Crippen LogP contribution in [0.25, 0.3) is 0 Å². The minimum absolute atomic E-state index is 0.179. The van der Waals surface area contributed by atoms with Gasteiger partial charge in [-0.05, 0) is 23.8 Å². The van der Waals surface area contributed by atoms with Crippen LogP contribution in [0.15, 0.2) is 78.5 Å². The summed E-state index contributed by atoms with van der Waals surface area (Å²) < 4.78 is 3.62. The van der Waals surface area contributed by atoms with Crippen LogP contribution in [0.2, 0.25) is 0 Å². The molecule has 0 saturated carbocycles. The lowest BCUT2D eigenvalue weighted by molar-refractivity contribution is -0.113. The molecule has 2 aromatic carbocycles. The second-order valence-corrected chi connectivity index (χ2v) is 8.30. The molecule has 33 heavy (non-hydrogen) atoms. The first-order valence-electron chi connectivity index (χ1n) is 10.2. The summed E-state index contributed by atoms with van der Waals surface area (Å²) in [6, 6.07) is 16.1. The first-order valence-corrected chi connectivity index (χ1v) is 11.2. The molecule has 168 valence electrons. The Hall–Kier alpha value is -3.92. The molecule has 4 aromatic rings. The SMILES string of the molecule is Cn1cnnc1SCC(=O)Nc1cccc(C(=O)N[C@H](c2ccccc2)c2nccn2C)c1. The van der Waals surface area contributed by atoms with Crippen molar-refractivity contribution in [3.8, 4) is 0 Å². The summed E-state index contributed by atoms with van der Waals surface area (Å²) in [5.41, 5.74) is 1.90. The zero-order chi connectivity index (χ0) is 23.2. The number of hydrogen-bond donors (Lipinski definition) is 2. The first kappa shape index (κ1) is 22.3. The van der Waals surface area contributed by atoms with Crippen LogP contribution in [0, 0.1) is 0 Å². The number of anilines is 1. The van der Waals surface area contributed by atoms with Crippen LogP contribution in [0.1, 0.15) is 27.8 Å². The second kappa shape index (κ2) is 10.1. The Bertz CT molecular complexity index is 1250. The van der Waals surface area contributed by atoms with Gasteiger partial charge in [-0.1, -0.05) is 48.2 Å². The molecule has 2 heterocycles. The van der Waals surface area contributed by atoms with Gasteiger partial charge >= 0.3 is 0 Å². The molecule has 10 heteroatoms. The molecule has 1 atom stereocenters. The van der Waals surface area contributed by atoms with Crippen LogP contribution < -0.4 is 10.6 Å². The van der Waals surface area contributed by atoms with E-state index in [4.69, 9.17) is 0 Å². The van der Waals surface area contributed by atoms with Crippen molar-refractivity contribution >= 4 is 29.3 Å². The molecule has 0 spiro atoms. The van der Waals surface area contributed by atoms with Crippen molar-refractivity contribution in [1.29, 1.82) is 0 Å². The molecule has 2 amide bonds. The van der Waals surface area contributed by atoms with Crippen molar-refractivity contribution < 1.29 is 9.59 Å². The molecule has 2 aromatic heterocycles. The number of benzene rings is 2. The molecule has 9 nitrogen and oxygen atoms in total. The van der Waals surface area contributed by atoms with Crippen LogP contribution >= 0.6 is 11.8 Å². The Kier molecular flexibility index (Phi) is 6.84. The summed E-state index contributed by atoms with van der Waals surface area (Å²) in [7, 11) is 3.70. The van der Waals surface area contributed by atoms with Gasteiger partial charge in [0.2, 0.25) is 5.91 Å². The lowest BCUT2D eigenvalue weighted by Gasteiger charge is -2.19. The van der Waals surface area contributed by atoms with Gasteiger partial charge in [0.1, 0.15) is 18.2 Å². The molecule has 0 aliphatic heterocycles. The number of aromatic nitrogens is 5. The highest BCUT2D eigenvalue weighted by Gasteiger charge is 2.21. The number of imidazole rings is 1. The number of carbonyl (C=O) groups excluding carboxylic acids is 2. The van der Waals surface area contributed by atoms with Gasteiger partial charge in [-0.25, -0.2) is 4.98 Å². The average Bonchev–Trinajstić information content (AvgIpc) is 3.44. The van der Waals surface area contributed by atoms with Gasteiger partial charge in [0.15, 0.2) is 5.16 Å². The molecule has 0 bridgehead atoms. The van der Waals surface area contributed by atoms with E-state index in [2.05, 4.69) is 25.8 Å². The number of aryl methyl sites for hydroxylation is 2. The highest BCUT2D eigenvalue weighted by Crippen LogP contribution is 2.21. The minimum atomic E-state index is -0.417. The van der Waals surface area contributed by atoms with Crippen LogP contribution in [0.5, 0.6) is 0 Å². The van der Waals surface area contributed by atoms with Gasteiger partial charge < -0.3 is 19.8 Å². The summed E-state index contributed by atoms with van der Waals surface area (Å²) in [5, 5.41) is 14.3. The van der Waals surface area contributed by atoms with Crippen LogP contribution in [0.4, 0.5) is 5.69 Å². The molecular weight excluding hydrogens is 438 g/mol. The number of nitrogens with one attached hydrogen (secondary N) is 2. The van der Waals surface area contributed by atoms with Crippen LogP contribution in [-0.4, -0.2) is 41.9 Å². The van der Waals surface area contributed by atoms with E-state index in [1.165, 1.54) is 11.8 Å². The smallest absolute Gasteiger partial charge is 0.252 e. The summed E-state index contributed by atoms with van der Waals surface area (Å²) in [5.74, 6) is 0.435. The zero-order valence-corrected chi connectivity index (χ0v) is 19.0. The van der Waals surface area contributed by atoms with Crippen molar-refractivity contribution in [2.75, 3.05) is 11.1 Å². The quantitative estimate of drug-likeness (QED) is 0.391. The largest absolute Gasteiger partial charge is 0.338 e. The van der Waals surface area contributed by atoms with Crippen molar-refractivity contribution in [2.24, 2.45) is 14.1 Å². The lowest BCUT2D eigenvalue weighted by Crippen LogP contribution is -2.31. The third kappa shape index (κ3) is 5.47. The number of hydrogen-bond acceptors (Lipinski definition) is 6. The standard InChI is InChI=1S/C23H23N7O2S/c1-29-12-11-24-21(29)20(16-7-4-3-5-8-16)27-22(32)17-9-6-10-18(13-17)26-19(31)14-33-23-28-25-15-30(23)2/h3-13,15,20H,14H2,1-2H3,(H,26,31)(H,27,32)/t20-/m1/s1. The zero-order valence-electron chi connectivity index (χ0n) is 18.2. The summed E-state index contributed by atoms with van der Waals surface area (Å²) in [6.07, 6.45) is 5.12. The Balaban J connectivity index is 1.45. The molecule has 4 rings (SSSR count). The van der Waals surface area contributed by atoms with E-state index < -0.39 is 6.04 Å². The van der Waals surface area contributed by atoms with Gasteiger partial charge in [0, 0.05) is 37.7 Å². The average molecular weight is 462 g/mol. The number of carbonyl (C=O) groups is 2. The van der Waals surface area contributed by atoms with Gasteiger partial charge in [-0.2, -0.15) is 0 Å². The molecule has 2 N–H and O–H groups in total. The number of thioether (sulfide) groups is 1.